The lowest BCUT2D eigenvalue weighted by molar-refractivity contribution is 0.0711. The molecule has 4 aromatic rings. The van der Waals surface area contributed by atoms with Crippen LogP contribution in [0.15, 0.2) is 108 Å². The maximum Gasteiger partial charge on any atom is 0.274 e. The van der Waals surface area contributed by atoms with E-state index in [4.69, 9.17) is 5.10 Å². The smallest absolute Gasteiger partial charge is 0.267 e. The Bertz CT molecular complexity index is 1200. The molecule has 3 nitrogen and oxygen atoms in total. The topological polar surface area (TPSA) is 32.7 Å². The Kier molecular flexibility index (Phi) is 4.41. The first kappa shape index (κ1) is 17.4. The molecule has 0 aromatic heterocycles. The van der Waals surface area contributed by atoms with Crippen LogP contribution in [-0.4, -0.2) is 16.6 Å². The highest BCUT2D eigenvalue weighted by Gasteiger charge is 2.33. The van der Waals surface area contributed by atoms with Gasteiger partial charge in [-0.2, -0.15) is 5.10 Å². The minimum absolute atomic E-state index is 0.0744. The van der Waals surface area contributed by atoms with E-state index in [2.05, 4.69) is 30.3 Å². The Labute approximate surface area is 169 Å². The van der Waals surface area contributed by atoms with Crippen molar-refractivity contribution in [1.82, 2.24) is 5.01 Å². The molecule has 1 unspecified atom stereocenters. The van der Waals surface area contributed by atoms with Gasteiger partial charge in [-0.05, 0) is 40.1 Å². The van der Waals surface area contributed by atoms with E-state index in [0.717, 1.165) is 16.8 Å². The molecular formula is C26H20N2O. The highest BCUT2D eigenvalue weighted by atomic mass is 16.2. The van der Waals surface area contributed by atoms with Crippen molar-refractivity contribution in [3.63, 3.8) is 0 Å². The summed E-state index contributed by atoms with van der Waals surface area (Å²) in [6.45, 7) is 0. The number of rotatable bonds is 3. The Morgan fingerprint density at radius 1 is 0.759 bits per heavy atom. The lowest BCUT2D eigenvalue weighted by Crippen LogP contribution is -2.27. The minimum Gasteiger partial charge on any atom is -0.267 e. The maximum atomic E-state index is 13.3. The fourth-order valence-electron chi connectivity index (χ4n) is 3.89. The van der Waals surface area contributed by atoms with E-state index in [0.29, 0.717) is 12.0 Å². The fraction of sp³-hybridized carbons (Fsp3) is 0.0769. The van der Waals surface area contributed by atoms with Gasteiger partial charge in [0.2, 0.25) is 0 Å². The van der Waals surface area contributed by atoms with Gasteiger partial charge in [0.15, 0.2) is 0 Å². The van der Waals surface area contributed by atoms with Gasteiger partial charge in [0.05, 0.1) is 11.8 Å². The number of hydrazone groups is 1. The van der Waals surface area contributed by atoms with E-state index in [-0.39, 0.29) is 11.9 Å². The standard InChI is InChI=1S/C26H20N2O/c29-26(21-12-5-2-6-13-21)28-25(18-24(27-28)20-10-3-1-4-11-20)23-16-15-19-9-7-8-14-22(19)17-23/h1-17,25H,18H2. The third-order valence-electron chi connectivity index (χ3n) is 5.40. The number of benzene rings is 4. The first-order valence-electron chi connectivity index (χ1n) is 9.80. The third-order valence-corrected chi connectivity index (χ3v) is 5.40. The predicted octanol–water partition coefficient (Wildman–Crippen LogP) is 5.83. The molecule has 0 spiro atoms. The summed E-state index contributed by atoms with van der Waals surface area (Å²) in [6, 6.07) is 34.1. The lowest BCUT2D eigenvalue weighted by atomic mass is 9.96. The van der Waals surface area contributed by atoms with E-state index >= 15 is 0 Å². The molecule has 1 aliphatic rings. The molecule has 1 heterocycles. The van der Waals surface area contributed by atoms with Crippen LogP contribution in [0.5, 0.6) is 0 Å². The number of nitrogens with zero attached hydrogens (tertiary/aromatic N) is 2. The molecular weight excluding hydrogens is 356 g/mol. The SMILES string of the molecule is O=C(c1ccccc1)N1N=C(c2ccccc2)CC1c1ccc2ccccc2c1. The van der Waals surface area contributed by atoms with E-state index in [1.54, 1.807) is 5.01 Å². The van der Waals surface area contributed by atoms with Crippen molar-refractivity contribution in [2.45, 2.75) is 12.5 Å². The molecule has 1 atom stereocenters. The molecule has 140 valence electrons. The lowest BCUT2D eigenvalue weighted by Gasteiger charge is -2.22. The van der Waals surface area contributed by atoms with Gasteiger partial charge in [0, 0.05) is 12.0 Å². The Morgan fingerprint density at radius 2 is 1.41 bits per heavy atom. The summed E-state index contributed by atoms with van der Waals surface area (Å²) in [4.78, 5) is 13.3. The van der Waals surface area contributed by atoms with Crippen molar-refractivity contribution >= 4 is 22.4 Å². The van der Waals surface area contributed by atoms with E-state index in [1.807, 2.05) is 72.8 Å². The van der Waals surface area contributed by atoms with Crippen molar-refractivity contribution in [2.24, 2.45) is 5.10 Å². The average Bonchev–Trinajstić information content (AvgIpc) is 3.25. The number of carbonyl (C=O) groups is 1. The first-order chi connectivity index (χ1) is 14.3. The van der Waals surface area contributed by atoms with Crippen LogP contribution in [0.3, 0.4) is 0 Å². The van der Waals surface area contributed by atoms with Gasteiger partial charge in [-0.25, -0.2) is 5.01 Å². The summed E-state index contributed by atoms with van der Waals surface area (Å²) in [7, 11) is 0. The van der Waals surface area contributed by atoms with E-state index < -0.39 is 0 Å². The van der Waals surface area contributed by atoms with Gasteiger partial charge in [0.25, 0.3) is 5.91 Å². The number of carbonyl (C=O) groups excluding carboxylic acids is 1. The van der Waals surface area contributed by atoms with Gasteiger partial charge in [-0.15, -0.1) is 0 Å². The summed E-state index contributed by atoms with van der Waals surface area (Å²) < 4.78 is 0. The van der Waals surface area contributed by atoms with Crippen LogP contribution in [-0.2, 0) is 0 Å². The van der Waals surface area contributed by atoms with Crippen LogP contribution in [0.1, 0.15) is 33.9 Å². The molecule has 5 rings (SSSR count). The van der Waals surface area contributed by atoms with Crippen LogP contribution in [0.25, 0.3) is 10.8 Å². The second-order valence-electron chi connectivity index (χ2n) is 7.25. The number of fused-ring (bicyclic) bond motifs is 1. The molecule has 0 saturated heterocycles. The zero-order valence-electron chi connectivity index (χ0n) is 15.9. The molecule has 3 heteroatoms. The van der Waals surface area contributed by atoms with Gasteiger partial charge in [-0.1, -0.05) is 84.9 Å². The normalized spacial score (nSPS) is 16.1. The molecule has 1 aliphatic heterocycles. The van der Waals surface area contributed by atoms with Gasteiger partial charge < -0.3 is 0 Å². The summed E-state index contributed by atoms with van der Waals surface area (Å²) in [5.74, 6) is -0.0744. The Hall–Kier alpha value is -3.72. The van der Waals surface area contributed by atoms with Crippen LogP contribution in [0.2, 0.25) is 0 Å². The third kappa shape index (κ3) is 3.32. The van der Waals surface area contributed by atoms with Crippen molar-refractivity contribution in [1.29, 1.82) is 0 Å². The van der Waals surface area contributed by atoms with Gasteiger partial charge in [-0.3, -0.25) is 4.79 Å². The first-order valence-corrected chi connectivity index (χ1v) is 9.80. The van der Waals surface area contributed by atoms with Crippen LogP contribution >= 0.6 is 0 Å². The molecule has 0 radical (unpaired) electrons. The monoisotopic (exact) mass is 376 g/mol. The molecule has 29 heavy (non-hydrogen) atoms. The molecule has 0 fully saturated rings. The molecule has 0 N–H and O–H groups in total. The molecule has 0 saturated carbocycles. The van der Waals surface area contributed by atoms with E-state index in [9.17, 15) is 4.79 Å². The molecule has 0 aliphatic carbocycles. The second-order valence-corrected chi connectivity index (χ2v) is 7.25. The molecule has 1 amide bonds. The minimum atomic E-state index is -0.123. The summed E-state index contributed by atoms with van der Waals surface area (Å²) in [5.41, 5.74) is 3.74. The quantitative estimate of drug-likeness (QED) is 0.443. The Morgan fingerprint density at radius 3 is 2.17 bits per heavy atom. The largest absolute Gasteiger partial charge is 0.274 e. The summed E-state index contributed by atoms with van der Waals surface area (Å²) in [5, 5.41) is 8.79. The second kappa shape index (κ2) is 7.36. The van der Waals surface area contributed by atoms with E-state index in [1.165, 1.54) is 10.8 Å². The zero-order chi connectivity index (χ0) is 19.6. The molecule has 0 bridgehead atoms. The molecule has 4 aromatic carbocycles. The highest BCUT2D eigenvalue weighted by Crippen LogP contribution is 2.35. The van der Waals surface area contributed by atoms with Crippen LogP contribution < -0.4 is 0 Å². The van der Waals surface area contributed by atoms with Crippen LogP contribution in [0.4, 0.5) is 0 Å². The summed E-state index contributed by atoms with van der Waals surface area (Å²) >= 11 is 0. The summed E-state index contributed by atoms with van der Waals surface area (Å²) in [6.07, 6.45) is 0.695. The fourth-order valence-corrected chi connectivity index (χ4v) is 3.89. The van der Waals surface area contributed by atoms with Crippen molar-refractivity contribution in [3.8, 4) is 0 Å². The number of hydrogen-bond acceptors (Lipinski definition) is 2. The Balaban J connectivity index is 1.57. The van der Waals surface area contributed by atoms with Crippen molar-refractivity contribution < 1.29 is 4.79 Å². The van der Waals surface area contributed by atoms with Crippen LogP contribution in [0, 0.1) is 0 Å². The number of amides is 1. The van der Waals surface area contributed by atoms with Gasteiger partial charge in [0.1, 0.15) is 0 Å². The van der Waals surface area contributed by atoms with Crippen molar-refractivity contribution in [3.05, 3.63) is 120 Å². The zero-order valence-corrected chi connectivity index (χ0v) is 15.9. The number of hydrogen-bond donors (Lipinski definition) is 0. The van der Waals surface area contributed by atoms with Crippen molar-refractivity contribution in [2.75, 3.05) is 0 Å². The maximum absolute atomic E-state index is 13.3. The average molecular weight is 376 g/mol. The predicted molar refractivity (Wildman–Crippen MR) is 117 cm³/mol. The highest BCUT2D eigenvalue weighted by molar-refractivity contribution is 6.05. The van der Waals surface area contributed by atoms with Gasteiger partial charge >= 0.3 is 0 Å².